The van der Waals surface area contributed by atoms with Gasteiger partial charge in [0.2, 0.25) is 0 Å². The van der Waals surface area contributed by atoms with Crippen LogP contribution in [0.2, 0.25) is 10.0 Å². The first-order valence-corrected chi connectivity index (χ1v) is 12.8. The molecule has 7 heteroatoms. The zero-order valence-electron chi connectivity index (χ0n) is 18.4. The Morgan fingerprint density at radius 2 is 1.62 bits per heavy atom. The van der Waals surface area contributed by atoms with Gasteiger partial charge in [-0.2, -0.15) is 0 Å². The molecule has 1 saturated heterocycles. The minimum atomic E-state index is 0.487. The van der Waals surface area contributed by atoms with E-state index in [1.54, 1.807) is 0 Å². The van der Waals surface area contributed by atoms with Gasteiger partial charge in [-0.05, 0) is 81.1 Å². The molecule has 0 bridgehead atoms. The molecule has 0 spiro atoms. The van der Waals surface area contributed by atoms with Gasteiger partial charge >= 0.3 is 0 Å². The first-order chi connectivity index (χ1) is 15.6. The number of halogens is 2. The quantitative estimate of drug-likeness (QED) is 0.481. The highest BCUT2D eigenvalue weighted by Crippen LogP contribution is 2.33. The highest BCUT2D eigenvalue weighted by Gasteiger charge is 2.24. The minimum Gasteiger partial charge on any atom is -0.368 e. The fourth-order valence-corrected chi connectivity index (χ4v) is 5.48. The molecule has 0 aromatic heterocycles. The number of hydrogen-bond donors (Lipinski definition) is 2. The van der Waals surface area contributed by atoms with Crippen molar-refractivity contribution in [1.29, 1.82) is 0 Å². The summed E-state index contributed by atoms with van der Waals surface area (Å²) in [6, 6.07) is 16.5. The molecule has 172 valence electrons. The molecule has 4 rings (SSSR count). The average Bonchev–Trinajstić information content (AvgIpc) is 2.81. The molecule has 0 radical (unpaired) electrons. The van der Waals surface area contributed by atoms with Crippen LogP contribution in [0.1, 0.15) is 32.1 Å². The zero-order valence-corrected chi connectivity index (χ0v) is 20.7. The van der Waals surface area contributed by atoms with E-state index in [1.165, 1.54) is 38.6 Å². The highest BCUT2D eigenvalue weighted by molar-refractivity contribution is 7.80. The number of nitrogens with one attached hydrogen (secondary N) is 2. The lowest BCUT2D eigenvalue weighted by molar-refractivity contribution is 0.214. The predicted octanol–water partition coefficient (Wildman–Crippen LogP) is 6.05. The molecule has 0 unspecified atom stereocenters. The van der Waals surface area contributed by atoms with E-state index >= 15 is 0 Å². The summed E-state index contributed by atoms with van der Waals surface area (Å²) in [4.78, 5) is 4.95. The summed E-state index contributed by atoms with van der Waals surface area (Å²) < 4.78 is 0. The van der Waals surface area contributed by atoms with Crippen molar-refractivity contribution in [2.75, 3.05) is 42.9 Å². The SMILES string of the molecule is S=C(Nc1ccccc1)NC1CCC(CCN2CCN(c3cccc(Cl)c3Cl)CC2)CC1. The summed E-state index contributed by atoms with van der Waals surface area (Å²) in [6.07, 6.45) is 6.25. The Labute approximate surface area is 207 Å². The van der Waals surface area contributed by atoms with Gasteiger partial charge in [0, 0.05) is 37.9 Å². The number of rotatable bonds is 6. The molecule has 4 nitrogen and oxygen atoms in total. The second-order valence-electron chi connectivity index (χ2n) is 8.87. The summed E-state index contributed by atoms with van der Waals surface area (Å²) >= 11 is 18.1. The standard InChI is InChI=1S/C25H32Cl2N4S/c26-22-7-4-8-23(24(22)27)31-17-15-30(16-18-31)14-13-19-9-11-21(12-10-19)29-25(32)28-20-5-2-1-3-6-20/h1-8,19,21H,9-18H2,(H2,28,29,32). The number of benzene rings is 2. The van der Waals surface area contributed by atoms with E-state index in [0.717, 1.165) is 48.6 Å². The van der Waals surface area contributed by atoms with Gasteiger partial charge in [-0.15, -0.1) is 0 Å². The van der Waals surface area contributed by atoms with Crippen LogP contribution in [-0.4, -0.2) is 48.8 Å². The van der Waals surface area contributed by atoms with E-state index in [9.17, 15) is 0 Å². The van der Waals surface area contributed by atoms with Crippen molar-refractivity contribution in [3.8, 4) is 0 Å². The lowest BCUT2D eigenvalue weighted by Gasteiger charge is -2.37. The number of nitrogens with zero attached hydrogens (tertiary/aromatic N) is 2. The van der Waals surface area contributed by atoms with Crippen molar-refractivity contribution in [2.45, 2.75) is 38.1 Å². The Hall–Kier alpha value is -1.53. The van der Waals surface area contributed by atoms with E-state index in [-0.39, 0.29) is 0 Å². The first-order valence-electron chi connectivity index (χ1n) is 11.6. The lowest BCUT2D eigenvalue weighted by atomic mass is 9.84. The van der Waals surface area contributed by atoms with Gasteiger partial charge in [-0.25, -0.2) is 0 Å². The Morgan fingerprint density at radius 1 is 0.906 bits per heavy atom. The second-order valence-corrected chi connectivity index (χ2v) is 10.1. The lowest BCUT2D eigenvalue weighted by Crippen LogP contribution is -2.47. The third kappa shape index (κ3) is 6.50. The van der Waals surface area contributed by atoms with Crippen LogP contribution < -0.4 is 15.5 Å². The third-order valence-electron chi connectivity index (χ3n) is 6.71. The maximum absolute atomic E-state index is 6.40. The van der Waals surface area contributed by atoms with Crippen LogP contribution in [0.3, 0.4) is 0 Å². The van der Waals surface area contributed by atoms with Crippen LogP contribution >= 0.6 is 35.4 Å². The summed E-state index contributed by atoms with van der Waals surface area (Å²) in [7, 11) is 0. The van der Waals surface area contributed by atoms with E-state index in [4.69, 9.17) is 35.4 Å². The molecule has 1 saturated carbocycles. The minimum absolute atomic E-state index is 0.487. The molecule has 1 aliphatic heterocycles. The van der Waals surface area contributed by atoms with Crippen LogP contribution in [0.25, 0.3) is 0 Å². The fourth-order valence-electron chi connectivity index (χ4n) is 4.78. The van der Waals surface area contributed by atoms with Crippen molar-refractivity contribution in [3.05, 3.63) is 58.6 Å². The van der Waals surface area contributed by atoms with Crippen molar-refractivity contribution >= 4 is 51.9 Å². The molecule has 0 atom stereocenters. The topological polar surface area (TPSA) is 30.5 Å². The molecule has 2 fully saturated rings. The molecule has 2 N–H and O–H groups in total. The van der Waals surface area contributed by atoms with Gasteiger partial charge in [0.25, 0.3) is 0 Å². The van der Waals surface area contributed by atoms with Gasteiger partial charge in [0.15, 0.2) is 5.11 Å². The van der Waals surface area contributed by atoms with Gasteiger partial charge in [-0.1, -0.05) is 47.5 Å². The van der Waals surface area contributed by atoms with E-state index < -0.39 is 0 Å². The maximum Gasteiger partial charge on any atom is 0.170 e. The summed E-state index contributed by atoms with van der Waals surface area (Å²) in [5.74, 6) is 0.823. The highest BCUT2D eigenvalue weighted by atomic mass is 35.5. The van der Waals surface area contributed by atoms with Gasteiger partial charge in [0.1, 0.15) is 0 Å². The van der Waals surface area contributed by atoms with Gasteiger partial charge in [-0.3, -0.25) is 4.90 Å². The number of para-hydroxylation sites is 1. The number of piperazine rings is 1. The first kappa shape index (κ1) is 23.6. The van der Waals surface area contributed by atoms with E-state index in [2.05, 4.69) is 26.5 Å². The van der Waals surface area contributed by atoms with Crippen LogP contribution in [-0.2, 0) is 0 Å². The van der Waals surface area contributed by atoms with Crippen molar-refractivity contribution in [3.63, 3.8) is 0 Å². The Morgan fingerprint density at radius 3 is 2.34 bits per heavy atom. The monoisotopic (exact) mass is 490 g/mol. The number of thiocarbonyl (C=S) groups is 1. The summed E-state index contributed by atoms with van der Waals surface area (Å²) in [5.41, 5.74) is 2.10. The third-order valence-corrected chi connectivity index (χ3v) is 7.74. The van der Waals surface area contributed by atoms with Crippen LogP contribution in [0.5, 0.6) is 0 Å². The van der Waals surface area contributed by atoms with E-state index in [0.29, 0.717) is 16.1 Å². The van der Waals surface area contributed by atoms with Crippen molar-refractivity contribution in [1.82, 2.24) is 10.2 Å². The van der Waals surface area contributed by atoms with Crippen LogP contribution in [0.15, 0.2) is 48.5 Å². The Bertz CT molecular complexity index is 879. The molecule has 2 aromatic rings. The summed E-state index contributed by atoms with van der Waals surface area (Å²) in [5, 5.41) is 8.83. The Kier molecular flexibility index (Phi) is 8.53. The van der Waals surface area contributed by atoms with Crippen molar-refractivity contribution < 1.29 is 0 Å². The van der Waals surface area contributed by atoms with Gasteiger partial charge in [0.05, 0.1) is 15.7 Å². The fraction of sp³-hybridized carbons (Fsp3) is 0.480. The Balaban J connectivity index is 1.13. The van der Waals surface area contributed by atoms with Crippen LogP contribution in [0, 0.1) is 5.92 Å². The van der Waals surface area contributed by atoms with E-state index in [1.807, 2.05) is 42.5 Å². The summed E-state index contributed by atoms with van der Waals surface area (Å²) in [6.45, 7) is 5.36. The normalized spacial score (nSPS) is 21.9. The van der Waals surface area contributed by atoms with Crippen LogP contribution in [0.4, 0.5) is 11.4 Å². The zero-order chi connectivity index (χ0) is 22.3. The van der Waals surface area contributed by atoms with Gasteiger partial charge < -0.3 is 15.5 Å². The molecule has 0 amide bonds. The molecular weight excluding hydrogens is 459 g/mol. The maximum atomic E-state index is 6.40. The van der Waals surface area contributed by atoms with Crippen molar-refractivity contribution in [2.24, 2.45) is 5.92 Å². The molecule has 2 aromatic carbocycles. The molecule has 2 aliphatic rings. The average molecular weight is 492 g/mol. The molecule has 32 heavy (non-hydrogen) atoms. The smallest absolute Gasteiger partial charge is 0.170 e. The molecular formula is C25H32Cl2N4S. The molecule has 1 heterocycles. The molecule has 1 aliphatic carbocycles. The predicted molar refractivity (Wildman–Crippen MR) is 141 cm³/mol. The second kappa shape index (κ2) is 11.6. The largest absolute Gasteiger partial charge is 0.368 e. The number of hydrogen-bond acceptors (Lipinski definition) is 3. The number of anilines is 2.